The molecular weight excluding hydrogens is 353 g/mol. The molecule has 96 valence electrons. The van der Waals surface area contributed by atoms with E-state index in [1.54, 1.807) is 32.1 Å². The summed E-state index contributed by atoms with van der Waals surface area (Å²) in [5.74, 6) is -0.289. The van der Waals surface area contributed by atoms with Crippen LogP contribution in [0.2, 0.25) is 0 Å². The van der Waals surface area contributed by atoms with Crippen LogP contribution < -0.4 is 0 Å². The van der Waals surface area contributed by atoms with Crippen LogP contribution in [0, 0.1) is 3.57 Å². The van der Waals surface area contributed by atoms with E-state index < -0.39 is 0 Å². The zero-order chi connectivity index (χ0) is 14.0. The summed E-state index contributed by atoms with van der Waals surface area (Å²) in [6.07, 6.45) is 3.28. The number of benzene rings is 1. The van der Waals surface area contributed by atoms with E-state index >= 15 is 0 Å². The fourth-order valence-electron chi connectivity index (χ4n) is 1.80. The maximum Gasteiger partial charge on any atom is 0.278 e. The average molecular weight is 365 g/mol. The molecular formula is C15H12INO2. The van der Waals surface area contributed by atoms with Crippen molar-refractivity contribution in [2.75, 3.05) is 0 Å². The largest absolute Gasteiger partial charge is 0.289 e. The molecule has 1 aromatic rings. The molecule has 4 heteroatoms. The Balaban J connectivity index is 2.36. The van der Waals surface area contributed by atoms with Crippen molar-refractivity contribution in [1.29, 1.82) is 0 Å². The molecule has 0 atom stereocenters. The van der Waals surface area contributed by atoms with Gasteiger partial charge < -0.3 is 0 Å². The van der Waals surface area contributed by atoms with Gasteiger partial charge in [-0.15, -0.1) is 0 Å². The van der Waals surface area contributed by atoms with Gasteiger partial charge in [0.25, 0.3) is 5.91 Å². The van der Waals surface area contributed by atoms with Crippen molar-refractivity contribution in [3.63, 3.8) is 0 Å². The van der Waals surface area contributed by atoms with Crippen LogP contribution in [0.15, 0.2) is 52.6 Å². The number of Topliss-reactive ketones (excluding diaryl/α,β-unsaturated/α-hetero) is 1. The first-order valence-corrected chi connectivity index (χ1v) is 6.86. The Labute approximate surface area is 125 Å². The number of carbonyl (C=O) groups is 2. The summed E-state index contributed by atoms with van der Waals surface area (Å²) >= 11 is 2.11. The molecule has 1 aliphatic carbocycles. The fraction of sp³-hybridized carbons (Fsp3) is 0.133. The van der Waals surface area contributed by atoms with E-state index in [1.165, 1.54) is 0 Å². The van der Waals surface area contributed by atoms with Crippen LogP contribution in [-0.2, 0) is 4.79 Å². The molecule has 0 N–H and O–H groups in total. The summed E-state index contributed by atoms with van der Waals surface area (Å²) in [6.45, 7) is 3.45. The maximum atomic E-state index is 12.1. The Bertz CT molecular complexity index is 630. The number of halogens is 1. The van der Waals surface area contributed by atoms with Crippen molar-refractivity contribution >= 4 is 40.0 Å². The average Bonchev–Trinajstić information content (AvgIpc) is 2.36. The van der Waals surface area contributed by atoms with Gasteiger partial charge in [0, 0.05) is 3.57 Å². The highest BCUT2D eigenvalue weighted by atomic mass is 127. The number of amides is 1. The first-order valence-electron chi connectivity index (χ1n) is 5.78. The number of rotatable bonds is 1. The minimum atomic E-state index is -0.289. The molecule has 0 aliphatic heterocycles. The topological polar surface area (TPSA) is 46.5 Å². The summed E-state index contributed by atoms with van der Waals surface area (Å²) in [5.41, 5.74) is 2.31. The summed E-state index contributed by atoms with van der Waals surface area (Å²) in [5, 5.41) is 0. The number of carbonyl (C=O) groups excluding carboxylic acids is 2. The number of allylic oxidation sites excluding steroid dienone is 4. The van der Waals surface area contributed by atoms with Gasteiger partial charge in [0.2, 0.25) is 0 Å². The molecule has 1 amide bonds. The van der Waals surface area contributed by atoms with Gasteiger partial charge in [-0.05, 0) is 71.9 Å². The highest BCUT2D eigenvalue weighted by Gasteiger charge is 2.15. The number of hydrogen-bond acceptors (Lipinski definition) is 2. The van der Waals surface area contributed by atoms with Gasteiger partial charge in [-0.3, -0.25) is 9.59 Å². The van der Waals surface area contributed by atoms with Gasteiger partial charge in [-0.25, -0.2) is 4.99 Å². The molecule has 3 nitrogen and oxygen atoms in total. The lowest BCUT2D eigenvalue weighted by Gasteiger charge is -2.08. The van der Waals surface area contributed by atoms with Gasteiger partial charge in [0.1, 0.15) is 0 Å². The Hall–Kier alpha value is -1.56. The Morgan fingerprint density at radius 2 is 1.68 bits per heavy atom. The molecule has 19 heavy (non-hydrogen) atoms. The Morgan fingerprint density at radius 3 is 2.26 bits per heavy atom. The summed E-state index contributed by atoms with van der Waals surface area (Å²) < 4.78 is 0.864. The van der Waals surface area contributed by atoms with E-state index in [4.69, 9.17) is 0 Å². The van der Waals surface area contributed by atoms with Gasteiger partial charge in [0.15, 0.2) is 5.78 Å². The predicted molar refractivity (Wildman–Crippen MR) is 83.4 cm³/mol. The predicted octanol–water partition coefficient (Wildman–Crippen LogP) is 3.35. The third-order valence-electron chi connectivity index (χ3n) is 2.78. The number of nitrogens with zero attached hydrogens (tertiary/aromatic N) is 1. The van der Waals surface area contributed by atoms with Crippen molar-refractivity contribution in [3.8, 4) is 0 Å². The van der Waals surface area contributed by atoms with Crippen LogP contribution in [0.5, 0.6) is 0 Å². The summed E-state index contributed by atoms with van der Waals surface area (Å²) in [4.78, 5) is 27.8. The van der Waals surface area contributed by atoms with Gasteiger partial charge in [-0.2, -0.15) is 0 Å². The third-order valence-corrected chi connectivity index (χ3v) is 3.72. The Morgan fingerprint density at radius 1 is 1.11 bits per heavy atom. The van der Waals surface area contributed by atoms with Crippen molar-refractivity contribution in [1.82, 2.24) is 0 Å². The fourth-order valence-corrected chi connectivity index (χ4v) is 2.42. The maximum absolute atomic E-state index is 12.1. The van der Waals surface area contributed by atoms with E-state index in [9.17, 15) is 9.59 Å². The van der Waals surface area contributed by atoms with Crippen molar-refractivity contribution in [2.24, 2.45) is 4.99 Å². The number of hydrogen-bond donors (Lipinski definition) is 0. The van der Waals surface area contributed by atoms with Crippen LogP contribution in [0.1, 0.15) is 24.2 Å². The lowest BCUT2D eigenvalue weighted by atomic mass is 9.98. The zero-order valence-electron chi connectivity index (χ0n) is 10.6. The number of ketones is 1. The van der Waals surface area contributed by atoms with Gasteiger partial charge in [-0.1, -0.05) is 12.1 Å². The minimum absolute atomic E-state index is 0.000639. The van der Waals surface area contributed by atoms with Gasteiger partial charge >= 0.3 is 0 Å². The smallest absolute Gasteiger partial charge is 0.278 e. The number of aliphatic imine (C=N–C) groups is 1. The van der Waals surface area contributed by atoms with E-state index in [1.807, 2.05) is 18.2 Å². The molecule has 0 bridgehead atoms. The van der Waals surface area contributed by atoms with E-state index in [2.05, 4.69) is 27.6 Å². The monoisotopic (exact) mass is 365 g/mol. The lowest BCUT2D eigenvalue weighted by Crippen LogP contribution is -2.12. The van der Waals surface area contributed by atoms with Crippen molar-refractivity contribution in [3.05, 3.63) is 56.7 Å². The summed E-state index contributed by atoms with van der Waals surface area (Å²) in [7, 11) is 0. The van der Waals surface area contributed by atoms with E-state index in [-0.39, 0.29) is 11.7 Å². The molecule has 0 unspecified atom stereocenters. The molecule has 0 heterocycles. The molecule has 0 saturated carbocycles. The SMILES string of the molecule is CC1=CC(=NC(=O)c2ccccc2I)C=C(C)C1=O. The molecule has 2 rings (SSSR count). The second-order valence-corrected chi connectivity index (χ2v) is 5.47. The van der Waals surface area contributed by atoms with E-state index in [0.29, 0.717) is 22.4 Å². The first kappa shape index (κ1) is 13.9. The molecule has 0 spiro atoms. The molecule has 1 aliphatic rings. The van der Waals surface area contributed by atoms with Gasteiger partial charge in [0.05, 0.1) is 11.3 Å². The van der Waals surface area contributed by atoms with Crippen molar-refractivity contribution in [2.45, 2.75) is 13.8 Å². The third kappa shape index (κ3) is 3.07. The molecule has 0 aromatic heterocycles. The van der Waals surface area contributed by atoms with Crippen LogP contribution in [0.25, 0.3) is 0 Å². The van der Waals surface area contributed by atoms with Crippen LogP contribution >= 0.6 is 22.6 Å². The first-order chi connectivity index (χ1) is 8.99. The van der Waals surface area contributed by atoms with Crippen LogP contribution in [0.3, 0.4) is 0 Å². The molecule has 1 aromatic carbocycles. The summed E-state index contributed by atoms with van der Waals surface area (Å²) in [6, 6.07) is 7.29. The quantitative estimate of drug-likeness (QED) is 0.566. The molecule has 0 fully saturated rings. The standard InChI is InChI=1S/C15H12INO2/c1-9-7-11(8-10(2)14(9)18)17-15(19)12-5-3-4-6-13(12)16/h3-8H,1-2H3. The molecule has 0 saturated heterocycles. The highest BCUT2D eigenvalue weighted by molar-refractivity contribution is 14.1. The highest BCUT2D eigenvalue weighted by Crippen LogP contribution is 2.15. The zero-order valence-corrected chi connectivity index (χ0v) is 12.8. The normalized spacial score (nSPS) is 14.9. The molecule has 0 radical (unpaired) electrons. The van der Waals surface area contributed by atoms with Crippen LogP contribution in [-0.4, -0.2) is 17.4 Å². The van der Waals surface area contributed by atoms with Crippen molar-refractivity contribution < 1.29 is 9.59 Å². The minimum Gasteiger partial charge on any atom is -0.289 e. The second kappa shape index (κ2) is 5.61. The second-order valence-electron chi connectivity index (χ2n) is 4.31. The van der Waals surface area contributed by atoms with Crippen LogP contribution in [0.4, 0.5) is 0 Å². The lowest BCUT2D eigenvalue weighted by molar-refractivity contribution is -0.112. The Kier molecular flexibility index (Phi) is 4.09. The van der Waals surface area contributed by atoms with E-state index in [0.717, 1.165) is 3.57 Å².